The smallest absolute Gasteiger partial charge is 0.277 e. The third kappa shape index (κ3) is 3.40. The molecule has 1 aromatic carbocycles. The number of fused-ring (bicyclic) bond motifs is 1. The molecular weight excluding hydrogens is 389 g/mol. The Morgan fingerprint density at radius 2 is 2.03 bits per heavy atom. The quantitative estimate of drug-likeness (QED) is 0.466. The Labute approximate surface area is 169 Å². The van der Waals surface area contributed by atoms with Gasteiger partial charge in [0.05, 0.1) is 24.0 Å². The lowest BCUT2D eigenvalue weighted by Crippen LogP contribution is -2.12. The van der Waals surface area contributed by atoms with Gasteiger partial charge in [0.2, 0.25) is 0 Å². The van der Waals surface area contributed by atoms with Gasteiger partial charge >= 0.3 is 0 Å². The van der Waals surface area contributed by atoms with Gasteiger partial charge in [0, 0.05) is 19.3 Å². The number of H-pyrrole nitrogens is 1. The number of benzene rings is 1. The highest BCUT2D eigenvalue weighted by molar-refractivity contribution is 5.93. The Morgan fingerprint density at radius 1 is 1.20 bits per heavy atom. The molecule has 0 saturated carbocycles. The van der Waals surface area contributed by atoms with Crippen LogP contribution >= 0.6 is 0 Å². The molecule has 0 aliphatic heterocycles. The summed E-state index contributed by atoms with van der Waals surface area (Å²) in [6, 6.07) is 11.3. The second kappa shape index (κ2) is 7.56. The van der Waals surface area contributed by atoms with Crippen molar-refractivity contribution in [1.29, 1.82) is 5.26 Å². The lowest BCUT2D eigenvalue weighted by Gasteiger charge is -2.13. The van der Waals surface area contributed by atoms with E-state index >= 15 is 0 Å². The van der Waals surface area contributed by atoms with Crippen LogP contribution in [0.1, 0.15) is 5.56 Å². The molecule has 10 heteroatoms. The van der Waals surface area contributed by atoms with Gasteiger partial charge in [-0.3, -0.25) is 14.6 Å². The largest absolute Gasteiger partial charge is 0.492 e. The van der Waals surface area contributed by atoms with Gasteiger partial charge in [-0.25, -0.2) is 14.4 Å². The second-order valence-corrected chi connectivity index (χ2v) is 6.37. The molecule has 0 saturated heterocycles. The zero-order chi connectivity index (χ0) is 21.3. The highest BCUT2D eigenvalue weighted by Gasteiger charge is 2.16. The second-order valence-electron chi connectivity index (χ2n) is 6.37. The first kappa shape index (κ1) is 18.9. The van der Waals surface area contributed by atoms with E-state index in [-0.39, 0.29) is 11.3 Å². The van der Waals surface area contributed by atoms with Crippen LogP contribution in [0.3, 0.4) is 0 Å². The van der Waals surface area contributed by atoms with E-state index in [4.69, 9.17) is 10.00 Å². The minimum Gasteiger partial charge on any atom is -0.492 e. The molecule has 0 aliphatic carbocycles. The van der Waals surface area contributed by atoms with Gasteiger partial charge in [0.25, 0.3) is 5.56 Å². The zero-order valence-corrected chi connectivity index (χ0v) is 16.0. The molecule has 3 N–H and O–H groups in total. The Hall–Kier alpha value is -4.39. The number of hydrogen-bond acceptors (Lipinski definition) is 7. The molecule has 30 heavy (non-hydrogen) atoms. The number of nitrogens with one attached hydrogen (secondary N) is 3. The predicted molar refractivity (Wildman–Crippen MR) is 110 cm³/mol. The van der Waals surface area contributed by atoms with Crippen LogP contribution in [0.15, 0.2) is 47.4 Å². The maximum absolute atomic E-state index is 14.1. The molecule has 0 radical (unpaired) electrons. The van der Waals surface area contributed by atoms with E-state index in [9.17, 15) is 9.18 Å². The van der Waals surface area contributed by atoms with Crippen molar-refractivity contribution < 1.29 is 9.13 Å². The Bertz CT molecular complexity index is 1340. The molecule has 9 nitrogen and oxygen atoms in total. The summed E-state index contributed by atoms with van der Waals surface area (Å²) in [6.07, 6.45) is 1.43. The molecule has 0 spiro atoms. The molecular formula is C20H16FN7O2. The molecule has 0 fully saturated rings. The summed E-state index contributed by atoms with van der Waals surface area (Å²) in [6.45, 7) is 0. The summed E-state index contributed by atoms with van der Waals surface area (Å²) < 4.78 is 20.5. The van der Waals surface area contributed by atoms with Crippen molar-refractivity contribution in [3.8, 4) is 11.8 Å². The van der Waals surface area contributed by atoms with Gasteiger partial charge in [-0.1, -0.05) is 6.07 Å². The molecule has 3 aromatic heterocycles. The molecule has 0 atom stereocenters. The van der Waals surface area contributed by atoms with E-state index < -0.39 is 5.82 Å². The van der Waals surface area contributed by atoms with Crippen molar-refractivity contribution in [2.75, 3.05) is 17.7 Å². The number of nitriles is 1. The van der Waals surface area contributed by atoms with Gasteiger partial charge in [0.1, 0.15) is 23.1 Å². The normalized spacial score (nSPS) is 10.6. The fourth-order valence-electron chi connectivity index (χ4n) is 3.01. The summed E-state index contributed by atoms with van der Waals surface area (Å²) in [4.78, 5) is 21.2. The van der Waals surface area contributed by atoms with Crippen molar-refractivity contribution in [3.63, 3.8) is 0 Å². The third-order valence-corrected chi connectivity index (χ3v) is 4.40. The van der Waals surface area contributed by atoms with Crippen LogP contribution in [-0.4, -0.2) is 26.9 Å². The number of nitrogens with zero attached hydrogens (tertiary/aromatic N) is 4. The number of methoxy groups -OCH3 is 1. The van der Waals surface area contributed by atoms with Crippen LogP contribution in [0.25, 0.3) is 11.0 Å². The van der Waals surface area contributed by atoms with Gasteiger partial charge in [-0.2, -0.15) is 5.26 Å². The first-order valence-electron chi connectivity index (χ1n) is 8.82. The van der Waals surface area contributed by atoms with Gasteiger partial charge in [0.15, 0.2) is 17.2 Å². The summed E-state index contributed by atoms with van der Waals surface area (Å²) in [5.74, 6) is 0.348. The molecule has 3 heterocycles. The highest BCUT2D eigenvalue weighted by atomic mass is 19.1. The Balaban J connectivity index is 1.80. The van der Waals surface area contributed by atoms with E-state index in [1.54, 1.807) is 31.3 Å². The number of anilines is 4. The number of hydrogen-bond donors (Lipinski definition) is 3. The number of para-hydroxylation sites is 1. The zero-order valence-electron chi connectivity index (χ0n) is 16.0. The standard InChI is InChI=1S/C20H16FN7O2/c1-28-20(29)17-14(24-13-5-3-4-12(21)18(13)30-2)8-16(26-19(17)27-28)25-15-7-6-11(9-22)10-23-15/h3-8,10H,1-2H3,(H3,23,24,25,26,27). The number of ether oxygens (including phenoxy) is 1. The lowest BCUT2D eigenvalue weighted by molar-refractivity contribution is 0.388. The molecule has 0 amide bonds. The van der Waals surface area contributed by atoms with Crippen molar-refractivity contribution in [2.45, 2.75) is 0 Å². The minimum atomic E-state index is -0.532. The van der Waals surface area contributed by atoms with Crippen LogP contribution in [0.4, 0.5) is 27.4 Å². The molecule has 4 rings (SSSR count). The molecule has 0 aliphatic rings. The number of pyridine rings is 2. The highest BCUT2D eigenvalue weighted by Crippen LogP contribution is 2.33. The van der Waals surface area contributed by atoms with Crippen molar-refractivity contribution in [3.05, 3.63) is 64.3 Å². The number of aryl methyl sites for hydroxylation is 1. The predicted octanol–water partition coefficient (Wildman–Crippen LogP) is 3.16. The SMILES string of the molecule is COc1c(F)cccc1Nc1cc(Nc2ccc(C#N)cn2)nc2[nH]n(C)c(=O)c12. The Morgan fingerprint density at radius 3 is 2.73 bits per heavy atom. The number of halogens is 1. The van der Waals surface area contributed by atoms with Gasteiger partial charge < -0.3 is 15.4 Å². The monoisotopic (exact) mass is 405 g/mol. The maximum atomic E-state index is 14.1. The van der Waals surface area contributed by atoms with Crippen LogP contribution in [-0.2, 0) is 7.05 Å². The van der Waals surface area contributed by atoms with E-state index in [0.717, 1.165) is 0 Å². The fraction of sp³-hybridized carbons (Fsp3) is 0.100. The van der Waals surface area contributed by atoms with Crippen LogP contribution in [0.2, 0.25) is 0 Å². The fourth-order valence-corrected chi connectivity index (χ4v) is 3.01. The van der Waals surface area contributed by atoms with Crippen molar-refractivity contribution >= 4 is 34.0 Å². The van der Waals surface area contributed by atoms with Crippen molar-refractivity contribution in [1.82, 2.24) is 19.7 Å². The number of rotatable bonds is 5. The topological polar surface area (TPSA) is 121 Å². The molecule has 0 unspecified atom stereocenters. The summed E-state index contributed by atoms with van der Waals surface area (Å²) in [7, 11) is 2.94. The average molecular weight is 405 g/mol. The van der Waals surface area contributed by atoms with Crippen LogP contribution in [0.5, 0.6) is 5.75 Å². The van der Waals surface area contributed by atoms with E-state index in [0.29, 0.717) is 39.6 Å². The third-order valence-electron chi connectivity index (χ3n) is 4.40. The molecule has 150 valence electrons. The van der Waals surface area contributed by atoms with Gasteiger partial charge in [-0.05, 0) is 24.3 Å². The van der Waals surface area contributed by atoms with Gasteiger partial charge in [-0.15, -0.1) is 0 Å². The van der Waals surface area contributed by atoms with Crippen molar-refractivity contribution in [2.24, 2.45) is 7.05 Å². The lowest BCUT2D eigenvalue weighted by atomic mass is 10.2. The molecule has 4 aromatic rings. The van der Waals surface area contributed by atoms with E-state index in [2.05, 4.69) is 25.7 Å². The summed E-state index contributed by atoms with van der Waals surface area (Å²) in [5.41, 5.74) is 1.23. The average Bonchev–Trinajstić information content (AvgIpc) is 3.02. The van der Waals surface area contributed by atoms with Crippen LogP contribution in [0, 0.1) is 17.1 Å². The minimum absolute atomic E-state index is 0.0260. The maximum Gasteiger partial charge on any atom is 0.277 e. The first-order chi connectivity index (χ1) is 14.5. The number of aromatic nitrogens is 4. The van der Waals surface area contributed by atoms with E-state index in [1.165, 1.54) is 30.1 Å². The summed E-state index contributed by atoms with van der Waals surface area (Å²) in [5, 5.41) is 18.2. The first-order valence-corrected chi connectivity index (χ1v) is 8.82. The van der Waals surface area contributed by atoms with E-state index in [1.807, 2.05) is 6.07 Å². The Kier molecular flexibility index (Phi) is 4.77. The van der Waals surface area contributed by atoms with Crippen LogP contribution < -0.4 is 20.9 Å². The molecule has 0 bridgehead atoms. The number of aromatic amines is 1. The summed E-state index contributed by atoms with van der Waals surface area (Å²) >= 11 is 0.